The Morgan fingerprint density at radius 2 is 1.30 bits per heavy atom. The lowest BCUT2D eigenvalue weighted by atomic mass is 9.88. The molecule has 3 aromatic carbocycles. The van der Waals surface area contributed by atoms with Gasteiger partial charge in [0, 0.05) is 18.6 Å². The second kappa shape index (κ2) is 9.72. The molecule has 0 radical (unpaired) electrons. The molecule has 0 aliphatic rings. The highest BCUT2D eigenvalue weighted by Gasteiger charge is 2.20. The summed E-state index contributed by atoms with van der Waals surface area (Å²) in [6, 6.07) is 26.7. The van der Waals surface area contributed by atoms with E-state index in [2.05, 4.69) is 5.32 Å². The van der Waals surface area contributed by atoms with Crippen molar-refractivity contribution in [3.05, 3.63) is 102 Å². The van der Waals surface area contributed by atoms with Crippen molar-refractivity contribution in [2.75, 3.05) is 6.26 Å². The van der Waals surface area contributed by atoms with E-state index in [-0.39, 0.29) is 22.8 Å². The molecule has 0 aromatic heterocycles. The van der Waals surface area contributed by atoms with Gasteiger partial charge in [-0.2, -0.15) is 0 Å². The van der Waals surface area contributed by atoms with Crippen LogP contribution in [0.1, 0.15) is 48.4 Å². The average Bonchev–Trinajstić information content (AvgIpc) is 2.76. The van der Waals surface area contributed by atoms with Crippen molar-refractivity contribution in [3.8, 4) is 0 Å². The van der Waals surface area contributed by atoms with E-state index in [0.29, 0.717) is 12.8 Å². The molecule has 5 heteroatoms. The third-order valence-electron chi connectivity index (χ3n) is 5.25. The number of carbonyl (C=O) groups is 1. The first-order valence-electron chi connectivity index (χ1n) is 10.1. The highest BCUT2D eigenvalue weighted by atomic mass is 32.2. The highest BCUT2D eigenvalue weighted by molar-refractivity contribution is 7.90. The van der Waals surface area contributed by atoms with E-state index in [1.165, 1.54) is 6.26 Å². The lowest BCUT2D eigenvalue weighted by molar-refractivity contribution is -0.122. The van der Waals surface area contributed by atoms with Crippen molar-refractivity contribution in [2.24, 2.45) is 0 Å². The summed E-state index contributed by atoms with van der Waals surface area (Å²) < 4.78 is 23.4. The van der Waals surface area contributed by atoms with Crippen molar-refractivity contribution >= 4 is 15.7 Å². The number of sulfone groups is 1. The van der Waals surface area contributed by atoms with E-state index in [1.54, 1.807) is 24.3 Å². The zero-order valence-corrected chi connectivity index (χ0v) is 18.1. The Balaban J connectivity index is 1.77. The Hall–Kier alpha value is -2.92. The van der Waals surface area contributed by atoms with Crippen molar-refractivity contribution in [3.63, 3.8) is 0 Å². The molecule has 0 saturated heterocycles. The molecular formula is C25H27NO3S. The van der Waals surface area contributed by atoms with Crippen LogP contribution in [0.3, 0.4) is 0 Å². The van der Waals surface area contributed by atoms with Crippen LogP contribution in [0, 0.1) is 0 Å². The molecule has 4 nitrogen and oxygen atoms in total. The normalized spacial score (nSPS) is 12.5. The number of rotatable bonds is 8. The summed E-state index contributed by atoms with van der Waals surface area (Å²) in [6.45, 7) is 2.00. The fourth-order valence-corrected chi connectivity index (χ4v) is 4.24. The van der Waals surface area contributed by atoms with Gasteiger partial charge in [-0.3, -0.25) is 4.79 Å². The lowest BCUT2D eigenvalue weighted by Gasteiger charge is -2.22. The quantitative estimate of drug-likeness (QED) is 0.564. The van der Waals surface area contributed by atoms with Crippen LogP contribution in [0.2, 0.25) is 0 Å². The van der Waals surface area contributed by atoms with E-state index in [4.69, 9.17) is 0 Å². The predicted octanol–water partition coefficient (Wildman–Crippen LogP) is 4.88. The lowest BCUT2D eigenvalue weighted by Crippen LogP contribution is -2.29. The Labute approximate surface area is 178 Å². The number of carbonyl (C=O) groups excluding carboxylic acids is 1. The minimum Gasteiger partial charge on any atom is -0.349 e. The highest BCUT2D eigenvalue weighted by Crippen LogP contribution is 2.28. The van der Waals surface area contributed by atoms with Gasteiger partial charge in [-0.15, -0.1) is 0 Å². The van der Waals surface area contributed by atoms with Gasteiger partial charge in [0.15, 0.2) is 9.84 Å². The summed E-state index contributed by atoms with van der Waals surface area (Å²) in [6.07, 6.45) is 2.24. The average molecular weight is 422 g/mol. The van der Waals surface area contributed by atoms with Crippen LogP contribution in [0.5, 0.6) is 0 Å². The monoisotopic (exact) mass is 421 g/mol. The molecule has 3 rings (SSSR count). The zero-order valence-electron chi connectivity index (χ0n) is 17.3. The first-order chi connectivity index (χ1) is 14.4. The Morgan fingerprint density at radius 1 is 0.800 bits per heavy atom. The largest absolute Gasteiger partial charge is 0.349 e. The van der Waals surface area contributed by atoms with Gasteiger partial charge >= 0.3 is 0 Å². The van der Waals surface area contributed by atoms with Gasteiger partial charge in [-0.05, 0) is 35.2 Å². The van der Waals surface area contributed by atoms with Crippen molar-refractivity contribution in [1.29, 1.82) is 0 Å². The molecule has 156 valence electrons. The van der Waals surface area contributed by atoms with Crippen LogP contribution < -0.4 is 5.32 Å². The molecule has 0 unspecified atom stereocenters. The first kappa shape index (κ1) is 21.8. The number of amides is 1. The van der Waals surface area contributed by atoms with Crippen LogP contribution in [0.25, 0.3) is 0 Å². The molecular weight excluding hydrogens is 394 g/mol. The van der Waals surface area contributed by atoms with E-state index in [9.17, 15) is 13.2 Å². The molecule has 0 saturated carbocycles. The summed E-state index contributed by atoms with van der Waals surface area (Å²) >= 11 is 0. The van der Waals surface area contributed by atoms with Crippen molar-refractivity contribution in [1.82, 2.24) is 5.32 Å². The molecule has 30 heavy (non-hydrogen) atoms. The zero-order chi connectivity index (χ0) is 21.6. The van der Waals surface area contributed by atoms with E-state index < -0.39 is 9.84 Å². The third kappa shape index (κ3) is 5.57. The maximum absolute atomic E-state index is 13.0. The van der Waals surface area contributed by atoms with Gasteiger partial charge < -0.3 is 5.32 Å². The fourth-order valence-electron chi connectivity index (χ4n) is 3.61. The van der Waals surface area contributed by atoms with E-state index in [1.807, 2.05) is 67.6 Å². The molecule has 0 heterocycles. The number of nitrogens with one attached hydrogen (secondary N) is 1. The van der Waals surface area contributed by atoms with Gasteiger partial charge in [0.2, 0.25) is 5.91 Å². The molecule has 0 bridgehead atoms. The molecule has 0 aliphatic heterocycles. The van der Waals surface area contributed by atoms with Gasteiger partial charge in [0.25, 0.3) is 0 Å². The molecule has 0 spiro atoms. The van der Waals surface area contributed by atoms with Crippen LogP contribution >= 0.6 is 0 Å². The van der Waals surface area contributed by atoms with Crippen molar-refractivity contribution in [2.45, 2.75) is 36.6 Å². The second-order valence-electron chi connectivity index (χ2n) is 7.45. The topological polar surface area (TPSA) is 63.2 Å². The van der Waals surface area contributed by atoms with E-state index >= 15 is 0 Å². The smallest absolute Gasteiger partial charge is 0.221 e. The summed E-state index contributed by atoms with van der Waals surface area (Å²) in [5, 5.41) is 3.12. The Kier molecular flexibility index (Phi) is 7.06. The maximum Gasteiger partial charge on any atom is 0.221 e. The molecule has 3 aromatic rings. The minimum atomic E-state index is -3.24. The number of hydrogen-bond donors (Lipinski definition) is 1. The molecule has 0 aliphatic carbocycles. The van der Waals surface area contributed by atoms with Gasteiger partial charge in [0.05, 0.1) is 10.9 Å². The number of hydrogen-bond acceptors (Lipinski definition) is 3. The summed E-state index contributed by atoms with van der Waals surface area (Å²) in [5.41, 5.74) is 3.10. The van der Waals surface area contributed by atoms with Crippen LogP contribution in [-0.2, 0) is 14.6 Å². The minimum absolute atomic E-state index is 0.0301. The molecule has 1 N–H and O–H groups in total. The maximum atomic E-state index is 13.0. The Bertz CT molecular complexity index is 1020. The number of benzene rings is 3. The summed E-state index contributed by atoms with van der Waals surface area (Å²) in [4.78, 5) is 13.2. The molecule has 1 amide bonds. The molecule has 0 fully saturated rings. The Morgan fingerprint density at radius 3 is 1.73 bits per heavy atom. The summed E-state index contributed by atoms with van der Waals surface area (Å²) in [7, 11) is -3.24. The van der Waals surface area contributed by atoms with Gasteiger partial charge in [-0.1, -0.05) is 79.7 Å². The van der Waals surface area contributed by atoms with E-state index in [0.717, 1.165) is 16.7 Å². The van der Waals surface area contributed by atoms with Crippen LogP contribution in [0.15, 0.2) is 89.8 Å². The van der Waals surface area contributed by atoms with Gasteiger partial charge in [-0.25, -0.2) is 8.42 Å². The first-order valence-corrected chi connectivity index (χ1v) is 12.0. The fraction of sp³-hybridized carbons (Fsp3) is 0.240. The molecule has 1 atom stereocenters. The van der Waals surface area contributed by atoms with Gasteiger partial charge in [0.1, 0.15) is 0 Å². The standard InChI is InChI=1S/C25H27NO3S/c1-3-24(21-14-16-22(17-15-21)30(2,28)29)26-25(27)18-23(19-10-6-4-7-11-19)20-12-8-5-9-13-20/h4-17,23-24H,3,18H2,1-2H3,(H,26,27)/t24-/m1/s1. The SMILES string of the molecule is CC[C@@H](NC(=O)CC(c1ccccc1)c1ccccc1)c1ccc(S(C)(=O)=O)cc1. The van der Waals surface area contributed by atoms with Crippen molar-refractivity contribution < 1.29 is 13.2 Å². The van der Waals surface area contributed by atoms with Crippen LogP contribution in [-0.4, -0.2) is 20.6 Å². The summed E-state index contributed by atoms with van der Waals surface area (Å²) in [5.74, 6) is -0.0655. The third-order valence-corrected chi connectivity index (χ3v) is 6.38. The predicted molar refractivity (Wildman–Crippen MR) is 120 cm³/mol. The van der Waals surface area contributed by atoms with Crippen LogP contribution in [0.4, 0.5) is 0 Å². The second-order valence-corrected chi connectivity index (χ2v) is 9.46.